The fraction of sp³-hybridized carbons (Fsp3) is 0.643. The van der Waals surface area contributed by atoms with E-state index in [-0.39, 0.29) is 23.2 Å². The lowest BCUT2D eigenvalue weighted by atomic mass is 9.81. The molecule has 1 N–H and O–H groups in total. The first-order valence-corrected chi connectivity index (χ1v) is 7.03. The van der Waals surface area contributed by atoms with Crippen molar-refractivity contribution in [3.05, 3.63) is 27.9 Å². The Morgan fingerprint density at radius 2 is 1.89 bits per heavy atom. The number of aromatic carboxylic acids is 1. The number of nitrogens with zero attached hydrogens (tertiary/aromatic N) is 2. The van der Waals surface area contributed by atoms with E-state index in [2.05, 4.69) is 4.98 Å². The molecular weight excluding hydrogens is 244 g/mol. The standard InChI is InChI=1S/C14H18N2O3/c17-13(18)11-8-16(10-6-1-2-7-10)14(19)15-12(11)9-4-3-5-9/h8-10H,1-7H2,(H,17,18). The zero-order chi connectivity index (χ0) is 13.4. The van der Waals surface area contributed by atoms with Crippen molar-refractivity contribution in [2.75, 3.05) is 0 Å². The van der Waals surface area contributed by atoms with Gasteiger partial charge in [-0.2, -0.15) is 4.98 Å². The first kappa shape index (κ1) is 12.4. The number of rotatable bonds is 3. The Kier molecular flexibility index (Phi) is 3.12. The fourth-order valence-electron chi connectivity index (χ4n) is 3.08. The second-order valence-corrected chi connectivity index (χ2v) is 5.60. The Bertz CT molecular complexity index is 554. The molecular formula is C14H18N2O3. The van der Waals surface area contributed by atoms with E-state index in [1.807, 2.05) is 0 Å². The molecule has 5 heteroatoms. The van der Waals surface area contributed by atoms with E-state index in [1.165, 1.54) is 6.20 Å². The van der Waals surface area contributed by atoms with E-state index in [0.29, 0.717) is 5.69 Å². The first-order valence-electron chi connectivity index (χ1n) is 7.03. The molecule has 0 aliphatic heterocycles. The van der Waals surface area contributed by atoms with Crippen LogP contribution in [-0.4, -0.2) is 20.6 Å². The maximum atomic E-state index is 12.1. The van der Waals surface area contributed by atoms with Gasteiger partial charge in [-0.3, -0.25) is 4.57 Å². The van der Waals surface area contributed by atoms with Crippen molar-refractivity contribution in [1.82, 2.24) is 9.55 Å². The molecule has 0 aromatic carbocycles. The molecule has 0 atom stereocenters. The SMILES string of the molecule is O=C(O)c1cn(C2CCCC2)c(=O)nc1C1CCC1. The highest BCUT2D eigenvalue weighted by Crippen LogP contribution is 2.37. The van der Waals surface area contributed by atoms with Crippen LogP contribution in [0.3, 0.4) is 0 Å². The highest BCUT2D eigenvalue weighted by molar-refractivity contribution is 5.88. The maximum Gasteiger partial charge on any atom is 0.348 e. The summed E-state index contributed by atoms with van der Waals surface area (Å²) in [7, 11) is 0. The van der Waals surface area contributed by atoms with Crippen LogP contribution in [0.1, 0.15) is 73.0 Å². The minimum absolute atomic E-state index is 0.133. The summed E-state index contributed by atoms with van der Waals surface area (Å²) < 4.78 is 1.54. The van der Waals surface area contributed by atoms with Crippen LogP contribution in [0.15, 0.2) is 11.0 Å². The molecule has 3 rings (SSSR count). The summed E-state index contributed by atoms with van der Waals surface area (Å²) in [5, 5.41) is 9.34. The number of hydrogen-bond donors (Lipinski definition) is 1. The van der Waals surface area contributed by atoms with Crippen LogP contribution in [0.5, 0.6) is 0 Å². The maximum absolute atomic E-state index is 12.1. The van der Waals surface area contributed by atoms with E-state index in [1.54, 1.807) is 4.57 Å². The number of carboxylic acid groups (broad SMARTS) is 1. The Morgan fingerprint density at radius 1 is 1.21 bits per heavy atom. The van der Waals surface area contributed by atoms with E-state index in [4.69, 9.17) is 0 Å². The van der Waals surface area contributed by atoms with Crippen molar-refractivity contribution in [2.24, 2.45) is 0 Å². The molecule has 102 valence electrons. The number of carbonyl (C=O) groups is 1. The van der Waals surface area contributed by atoms with Gasteiger partial charge >= 0.3 is 11.7 Å². The average molecular weight is 262 g/mol. The molecule has 1 aromatic heterocycles. The molecule has 2 aliphatic rings. The van der Waals surface area contributed by atoms with Crippen molar-refractivity contribution in [1.29, 1.82) is 0 Å². The fourth-order valence-corrected chi connectivity index (χ4v) is 3.08. The predicted octanol–water partition coefficient (Wildman–Crippen LogP) is 2.32. The van der Waals surface area contributed by atoms with Crippen LogP contribution in [0.25, 0.3) is 0 Å². The molecule has 1 aromatic rings. The topological polar surface area (TPSA) is 72.2 Å². The van der Waals surface area contributed by atoms with Crippen molar-refractivity contribution >= 4 is 5.97 Å². The van der Waals surface area contributed by atoms with Gasteiger partial charge in [-0.1, -0.05) is 19.3 Å². The van der Waals surface area contributed by atoms with Crippen LogP contribution in [0.4, 0.5) is 0 Å². The summed E-state index contributed by atoms with van der Waals surface area (Å²) in [6.45, 7) is 0. The molecule has 2 saturated carbocycles. The number of hydrogen-bond acceptors (Lipinski definition) is 3. The van der Waals surface area contributed by atoms with Crippen molar-refractivity contribution in [2.45, 2.75) is 56.9 Å². The van der Waals surface area contributed by atoms with Crippen LogP contribution in [-0.2, 0) is 0 Å². The summed E-state index contributed by atoms with van der Waals surface area (Å²) in [6, 6.07) is 0.133. The normalized spacial score (nSPS) is 20.4. The van der Waals surface area contributed by atoms with E-state index < -0.39 is 5.97 Å². The minimum atomic E-state index is -0.971. The van der Waals surface area contributed by atoms with Gasteiger partial charge in [0, 0.05) is 18.2 Å². The smallest absolute Gasteiger partial charge is 0.348 e. The molecule has 19 heavy (non-hydrogen) atoms. The Balaban J connectivity index is 2.05. The van der Waals surface area contributed by atoms with Crippen LogP contribution < -0.4 is 5.69 Å². The van der Waals surface area contributed by atoms with Crippen LogP contribution in [0.2, 0.25) is 0 Å². The molecule has 0 radical (unpaired) electrons. The van der Waals surface area contributed by atoms with Gasteiger partial charge in [0.15, 0.2) is 0 Å². The molecule has 0 bridgehead atoms. The van der Waals surface area contributed by atoms with Crippen molar-refractivity contribution in [3.8, 4) is 0 Å². The highest BCUT2D eigenvalue weighted by Gasteiger charge is 2.28. The molecule has 5 nitrogen and oxygen atoms in total. The van der Waals surface area contributed by atoms with Gasteiger partial charge in [0.05, 0.1) is 11.3 Å². The Labute approximate surface area is 111 Å². The largest absolute Gasteiger partial charge is 0.478 e. The second kappa shape index (κ2) is 4.79. The Hall–Kier alpha value is -1.65. The van der Waals surface area contributed by atoms with Gasteiger partial charge in [-0.05, 0) is 25.7 Å². The monoisotopic (exact) mass is 262 g/mol. The lowest BCUT2D eigenvalue weighted by molar-refractivity contribution is 0.0692. The van der Waals surface area contributed by atoms with Gasteiger partial charge < -0.3 is 5.11 Å². The molecule has 0 amide bonds. The summed E-state index contributed by atoms with van der Waals surface area (Å²) in [5.74, 6) is -0.807. The van der Waals surface area contributed by atoms with Gasteiger partial charge in [-0.25, -0.2) is 9.59 Å². The molecule has 2 aliphatic carbocycles. The third kappa shape index (κ3) is 2.17. The van der Waals surface area contributed by atoms with Gasteiger partial charge in [0.2, 0.25) is 0 Å². The lowest BCUT2D eigenvalue weighted by Crippen LogP contribution is -2.30. The van der Waals surface area contributed by atoms with Gasteiger partial charge in [0.25, 0.3) is 0 Å². The van der Waals surface area contributed by atoms with Crippen molar-refractivity contribution in [3.63, 3.8) is 0 Å². The summed E-state index contributed by atoms with van der Waals surface area (Å²) in [4.78, 5) is 27.6. The predicted molar refractivity (Wildman–Crippen MR) is 69.6 cm³/mol. The molecule has 2 fully saturated rings. The van der Waals surface area contributed by atoms with E-state index in [9.17, 15) is 14.7 Å². The zero-order valence-electron chi connectivity index (χ0n) is 10.8. The second-order valence-electron chi connectivity index (χ2n) is 5.60. The van der Waals surface area contributed by atoms with Crippen molar-refractivity contribution < 1.29 is 9.90 Å². The molecule has 0 saturated heterocycles. The molecule has 0 unspecified atom stereocenters. The molecule has 0 spiro atoms. The third-order valence-electron chi connectivity index (χ3n) is 4.42. The minimum Gasteiger partial charge on any atom is -0.478 e. The first-order chi connectivity index (χ1) is 9.16. The van der Waals surface area contributed by atoms with Crippen LogP contribution in [0, 0.1) is 0 Å². The average Bonchev–Trinajstić information content (AvgIpc) is 2.79. The molecule has 1 heterocycles. The number of aromatic nitrogens is 2. The highest BCUT2D eigenvalue weighted by atomic mass is 16.4. The van der Waals surface area contributed by atoms with Crippen LogP contribution >= 0.6 is 0 Å². The summed E-state index contributed by atoms with van der Waals surface area (Å²) in [6.07, 6.45) is 8.61. The van der Waals surface area contributed by atoms with Gasteiger partial charge in [0.1, 0.15) is 0 Å². The third-order valence-corrected chi connectivity index (χ3v) is 4.42. The Morgan fingerprint density at radius 3 is 2.42 bits per heavy atom. The van der Waals surface area contributed by atoms with E-state index >= 15 is 0 Å². The lowest BCUT2D eigenvalue weighted by Gasteiger charge is -2.26. The summed E-state index contributed by atoms with van der Waals surface area (Å²) in [5.41, 5.74) is 0.438. The van der Waals surface area contributed by atoms with Gasteiger partial charge in [-0.15, -0.1) is 0 Å². The van der Waals surface area contributed by atoms with E-state index in [0.717, 1.165) is 44.9 Å². The number of carboxylic acids is 1. The quantitative estimate of drug-likeness (QED) is 0.907. The zero-order valence-corrected chi connectivity index (χ0v) is 10.8. The summed E-state index contributed by atoms with van der Waals surface area (Å²) >= 11 is 0.